The molecular formula is C20H9AlF10S2. The first kappa shape index (κ1) is 29.0. The average molecular weight is 530 g/mol. The van der Waals surface area contributed by atoms with E-state index in [2.05, 4.69) is 73.6 Å². The van der Waals surface area contributed by atoms with Gasteiger partial charge in [0.15, 0.2) is 34.9 Å². The van der Waals surface area contributed by atoms with Gasteiger partial charge in [-0.3, -0.25) is 0 Å². The van der Waals surface area contributed by atoms with Crippen LogP contribution in [0.4, 0.5) is 43.9 Å². The van der Waals surface area contributed by atoms with E-state index in [9.17, 15) is 43.9 Å². The van der Waals surface area contributed by atoms with E-state index in [0.29, 0.717) is 0 Å². The Bertz CT molecular complexity index is 887. The van der Waals surface area contributed by atoms with E-state index in [1.807, 2.05) is 0 Å². The van der Waals surface area contributed by atoms with Crippen LogP contribution in [0.25, 0.3) is 0 Å². The summed E-state index contributed by atoms with van der Waals surface area (Å²) in [4.78, 5) is -2.57. The number of aryl methyl sites for hydroxylation is 1. The van der Waals surface area contributed by atoms with Crippen LogP contribution in [0, 0.1) is 72.0 Å². The van der Waals surface area contributed by atoms with Gasteiger partial charge in [-0.1, -0.05) is 9.79 Å². The zero-order chi connectivity index (χ0) is 25.8. The van der Waals surface area contributed by atoms with Crippen molar-refractivity contribution in [3.05, 3.63) is 87.5 Å². The van der Waals surface area contributed by atoms with Gasteiger partial charge in [-0.05, 0) is 0 Å². The maximum absolute atomic E-state index is 12.3. The van der Waals surface area contributed by atoms with Gasteiger partial charge in [0.2, 0.25) is 0 Å². The molecule has 3 rings (SSSR count). The van der Waals surface area contributed by atoms with Crippen molar-refractivity contribution in [1.82, 2.24) is 0 Å². The van der Waals surface area contributed by atoms with Crippen LogP contribution in [0.2, 0.25) is 0 Å². The van der Waals surface area contributed by atoms with E-state index in [1.165, 1.54) is 15.6 Å². The Morgan fingerprint density at radius 3 is 1.03 bits per heavy atom. The number of benzene rings is 3. The first-order valence-electron chi connectivity index (χ1n) is 8.33. The van der Waals surface area contributed by atoms with E-state index >= 15 is 0 Å². The zero-order valence-electron chi connectivity index (χ0n) is 16.4. The number of halogens is 10. The third-order valence-corrected chi connectivity index (χ3v) is 5.33. The van der Waals surface area contributed by atoms with Gasteiger partial charge in [0, 0.05) is 0 Å². The second kappa shape index (κ2) is 11.9. The predicted octanol–water partition coefficient (Wildman–Crippen LogP) is 5.67. The van der Waals surface area contributed by atoms with Crippen LogP contribution in [0.3, 0.4) is 0 Å². The third kappa shape index (κ3) is 6.50. The minimum absolute atomic E-state index is 1.29. The molecule has 0 N–H and O–H groups in total. The topological polar surface area (TPSA) is 0 Å². The molecule has 0 saturated heterocycles. The van der Waals surface area contributed by atoms with Crippen molar-refractivity contribution in [3.63, 3.8) is 0 Å². The van der Waals surface area contributed by atoms with Gasteiger partial charge >= 0.3 is 63.9 Å². The zero-order valence-corrected chi connectivity index (χ0v) is 19.2. The van der Waals surface area contributed by atoms with Crippen molar-refractivity contribution in [2.24, 2.45) is 0 Å². The molecule has 0 amide bonds. The quantitative estimate of drug-likeness (QED) is 0.121. The molecule has 0 spiro atoms. The summed E-state index contributed by atoms with van der Waals surface area (Å²) in [6, 6.07) is 6.31. The van der Waals surface area contributed by atoms with Gasteiger partial charge in [-0.2, -0.15) is 0 Å². The minimum atomic E-state index is -2.20. The van der Waals surface area contributed by atoms with Crippen LogP contribution < -0.4 is 4.43 Å². The molecule has 0 atom stereocenters. The summed E-state index contributed by atoms with van der Waals surface area (Å²) in [5.74, 6) is -20.3. The second-order valence-corrected chi connectivity index (χ2v) is 7.53. The molecule has 33 heavy (non-hydrogen) atoms. The molecule has 174 valence electrons. The van der Waals surface area contributed by atoms with Crippen molar-refractivity contribution >= 4 is 46.0 Å². The van der Waals surface area contributed by atoms with E-state index in [1.54, 1.807) is 0 Å². The van der Waals surface area contributed by atoms with Gasteiger partial charge in [-0.25, -0.2) is 43.9 Å². The van der Waals surface area contributed by atoms with E-state index in [4.69, 9.17) is 0 Å². The molecule has 0 saturated carbocycles. The Kier molecular flexibility index (Phi) is 10.4. The maximum atomic E-state index is 12.3. The summed E-state index contributed by atoms with van der Waals surface area (Å²) in [5, 5.41) is 0. The molecule has 3 aromatic rings. The summed E-state index contributed by atoms with van der Waals surface area (Å²) in [6.45, 7) is 4.26. The fraction of sp³-hybridized carbons (Fsp3) is 0.100. The molecular weight excluding hydrogens is 521 g/mol. The first-order chi connectivity index (χ1) is 15.1. The number of hydrogen-bond donors (Lipinski definition) is 0. The Labute approximate surface area is 200 Å². The maximum Gasteiger partial charge on any atom is 0.200 e. The summed E-state index contributed by atoms with van der Waals surface area (Å²) in [7, 11) is 0. The average Bonchev–Trinajstić information content (AvgIpc) is 2.80. The van der Waals surface area contributed by atoms with Crippen LogP contribution in [-0.4, -0.2) is 16.3 Å². The number of rotatable bonds is 0. The minimum Gasteiger partial charge on any atom is -0.774 e. The smallest absolute Gasteiger partial charge is 0.200 e. The molecule has 0 unspecified atom stereocenters. The molecule has 0 aliphatic carbocycles. The summed E-state index contributed by atoms with van der Waals surface area (Å²) in [5.41, 5.74) is 2.74. The SMILES string of the molecule is Cc1ccc[c]([Al+2])c1C.Fc1c(F)c(F)c([S-])c(F)c1F.Fc1c(F)c(F)c([S-])c(F)c1F. The molecule has 13 heteroatoms. The summed E-state index contributed by atoms with van der Waals surface area (Å²) >= 11 is 10.6. The largest absolute Gasteiger partial charge is 0.774 e. The van der Waals surface area contributed by atoms with Crippen molar-refractivity contribution in [2.45, 2.75) is 23.6 Å². The molecule has 0 aromatic heterocycles. The fourth-order valence-electron chi connectivity index (χ4n) is 1.94. The standard InChI is InChI=1S/C8H9.2C6HF5S.Al/c1-7-5-3-4-6-8(7)2;2*7-1-2(8)4(10)6(12)5(11)3(1)9;/h3-5H,1-2H3;2*12H;/q;;;+2/p-2. The van der Waals surface area contributed by atoms with Crippen molar-refractivity contribution < 1.29 is 43.9 Å². The molecule has 0 heterocycles. The Hall–Kier alpha value is -2.07. The first-order valence-corrected chi connectivity index (χ1v) is 9.72. The molecule has 3 aromatic carbocycles. The van der Waals surface area contributed by atoms with Gasteiger partial charge < -0.3 is 25.3 Å². The predicted molar refractivity (Wildman–Crippen MR) is 105 cm³/mol. The molecule has 0 fully saturated rings. The Balaban J connectivity index is 0.000000250. The molecule has 0 aliphatic rings. The Morgan fingerprint density at radius 1 is 0.515 bits per heavy atom. The van der Waals surface area contributed by atoms with Gasteiger partial charge in [0.1, 0.15) is 23.3 Å². The molecule has 0 bridgehead atoms. The van der Waals surface area contributed by atoms with Crippen LogP contribution in [-0.2, 0) is 25.3 Å². The summed E-state index contributed by atoms with van der Waals surface area (Å²) in [6.07, 6.45) is 0. The van der Waals surface area contributed by atoms with E-state index < -0.39 is 68.0 Å². The van der Waals surface area contributed by atoms with Crippen molar-refractivity contribution in [1.29, 1.82) is 0 Å². The normalized spacial score (nSPS) is 10.2. The van der Waals surface area contributed by atoms with Crippen LogP contribution >= 0.6 is 0 Å². The van der Waals surface area contributed by atoms with Gasteiger partial charge in [0.25, 0.3) is 0 Å². The monoisotopic (exact) mass is 530 g/mol. The molecule has 0 radical (unpaired) electrons. The molecule has 0 aliphatic heterocycles. The summed E-state index contributed by atoms with van der Waals surface area (Å²) < 4.78 is 124. The van der Waals surface area contributed by atoms with Crippen molar-refractivity contribution in [3.8, 4) is 0 Å². The van der Waals surface area contributed by atoms with E-state index in [-0.39, 0.29) is 0 Å². The third-order valence-electron chi connectivity index (χ3n) is 3.99. The van der Waals surface area contributed by atoms with E-state index in [0.717, 1.165) is 0 Å². The van der Waals surface area contributed by atoms with Gasteiger partial charge in [-0.15, -0.1) is 0 Å². The van der Waals surface area contributed by atoms with Crippen molar-refractivity contribution in [2.75, 3.05) is 0 Å². The fourth-order valence-corrected chi connectivity index (χ4v) is 2.64. The van der Waals surface area contributed by atoms with Crippen LogP contribution in [0.15, 0.2) is 28.0 Å². The second-order valence-electron chi connectivity index (χ2n) is 6.09. The van der Waals surface area contributed by atoms with Crippen LogP contribution in [0.1, 0.15) is 11.1 Å². The Morgan fingerprint density at radius 2 is 0.788 bits per heavy atom. The number of hydrogen-bond acceptors (Lipinski definition) is 2. The van der Waals surface area contributed by atoms with Gasteiger partial charge in [0.05, 0.1) is 0 Å². The molecule has 0 nitrogen and oxygen atoms in total. The van der Waals surface area contributed by atoms with Crippen LogP contribution in [0.5, 0.6) is 0 Å².